The summed E-state index contributed by atoms with van der Waals surface area (Å²) in [5.41, 5.74) is 4.92. The lowest BCUT2D eigenvalue weighted by Crippen LogP contribution is -2.54. The van der Waals surface area contributed by atoms with Gasteiger partial charge in [0.1, 0.15) is 0 Å². The summed E-state index contributed by atoms with van der Waals surface area (Å²) < 4.78 is 0. The third-order valence-electron chi connectivity index (χ3n) is 3.39. The summed E-state index contributed by atoms with van der Waals surface area (Å²) in [7, 11) is 2.10. The monoisotopic (exact) mass is 257 g/mol. The summed E-state index contributed by atoms with van der Waals surface area (Å²) in [4.78, 5) is 13.8. The Labute approximate surface area is 112 Å². The Morgan fingerprint density at radius 3 is 2.44 bits per heavy atom. The molecule has 4 heteroatoms. The number of hydrogen-bond acceptors (Lipinski definition) is 3. The molecule has 3 N–H and O–H groups in total. The molecule has 0 rings (SSSR count). The molecule has 0 aromatic carbocycles. The molecule has 4 nitrogen and oxygen atoms in total. The zero-order valence-electron chi connectivity index (χ0n) is 12.8. The van der Waals surface area contributed by atoms with Gasteiger partial charge in [-0.2, -0.15) is 0 Å². The van der Waals surface area contributed by atoms with Crippen molar-refractivity contribution >= 4 is 5.91 Å². The molecule has 0 aliphatic heterocycles. The fourth-order valence-electron chi connectivity index (χ4n) is 1.70. The van der Waals surface area contributed by atoms with Gasteiger partial charge in [0, 0.05) is 6.54 Å². The average Bonchev–Trinajstić information content (AvgIpc) is 2.30. The number of nitrogens with zero attached hydrogens (tertiary/aromatic N) is 1. The molecule has 0 aliphatic rings. The molecule has 0 radical (unpaired) electrons. The fourth-order valence-corrected chi connectivity index (χ4v) is 1.70. The predicted molar refractivity (Wildman–Crippen MR) is 77.5 cm³/mol. The molecule has 0 aliphatic carbocycles. The van der Waals surface area contributed by atoms with E-state index in [9.17, 15) is 4.79 Å². The average molecular weight is 257 g/mol. The van der Waals surface area contributed by atoms with E-state index in [2.05, 4.69) is 38.0 Å². The first-order valence-electron chi connectivity index (χ1n) is 7.05. The topological polar surface area (TPSA) is 58.4 Å². The summed E-state index contributed by atoms with van der Waals surface area (Å²) in [5, 5.41) is 3.26. The lowest BCUT2D eigenvalue weighted by Gasteiger charge is -2.30. The van der Waals surface area contributed by atoms with Gasteiger partial charge in [-0.05, 0) is 52.2 Å². The minimum Gasteiger partial charge on any atom is -0.368 e. The first-order valence-corrected chi connectivity index (χ1v) is 7.05. The van der Waals surface area contributed by atoms with Crippen LogP contribution in [-0.4, -0.2) is 43.0 Å². The van der Waals surface area contributed by atoms with Gasteiger partial charge in [0.25, 0.3) is 0 Å². The molecule has 0 fully saturated rings. The maximum Gasteiger partial charge on any atom is 0.237 e. The van der Waals surface area contributed by atoms with Crippen LogP contribution >= 0.6 is 0 Å². The number of nitrogens with two attached hydrogens (primary N) is 1. The van der Waals surface area contributed by atoms with Gasteiger partial charge in [-0.15, -0.1) is 0 Å². The van der Waals surface area contributed by atoms with E-state index >= 15 is 0 Å². The highest BCUT2D eigenvalue weighted by atomic mass is 16.1. The molecule has 108 valence electrons. The molecule has 0 heterocycles. The van der Waals surface area contributed by atoms with E-state index in [0.717, 1.165) is 32.5 Å². The first-order chi connectivity index (χ1) is 8.31. The number of amides is 1. The third-order valence-corrected chi connectivity index (χ3v) is 3.39. The lowest BCUT2D eigenvalue weighted by atomic mass is 9.96. The largest absolute Gasteiger partial charge is 0.368 e. The normalized spacial score (nSPS) is 15.1. The highest BCUT2D eigenvalue weighted by molar-refractivity contribution is 5.84. The Hall–Kier alpha value is -0.610. The maximum atomic E-state index is 11.5. The molecule has 0 aromatic rings. The maximum absolute atomic E-state index is 11.5. The van der Waals surface area contributed by atoms with Gasteiger partial charge in [-0.3, -0.25) is 4.79 Å². The van der Waals surface area contributed by atoms with Crippen molar-refractivity contribution in [3.05, 3.63) is 0 Å². The minimum absolute atomic E-state index is 0.256. The number of rotatable bonds is 10. The van der Waals surface area contributed by atoms with Crippen LogP contribution < -0.4 is 11.1 Å². The van der Waals surface area contributed by atoms with Crippen molar-refractivity contribution in [3.8, 4) is 0 Å². The van der Waals surface area contributed by atoms with Gasteiger partial charge in [0.2, 0.25) is 5.91 Å². The second kappa shape index (κ2) is 8.48. The summed E-state index contributed by atoms with van der Waals surface area (Å²) in [6.07, 6.45) is 2.95. The van der Waals surface area contributed by atoms with Gasteiger partial charge in [0.05, 0.1) is 5.54 Å². The molecule has 0 aromatic heterocycles. The third kappa shape index (κ3) is 6.97. The quantitative estimate of drug-likeness (QED) is 0.625. The van der Waals surface area contributed by atoms with E-state index in [4.69, 9.17) is 5.73 Å². The van der Waals surface area contributed by atoms with E-state index in [1.165, 1.54) is 6.42 Å². The van der Waals surface area contributed by atoms with E-state index in [1.807, 2.05) is 6.92 Å². The van der Waals surface area contributed by atoms with Crippen molar-refractivity contribution < 1.29 is 4.79 Å². The van der Waals surface area contributed by atoms with Crippen LogP contribution in [0.15, 0.2) is 0 Å². The van der Waals surface area contributed by atoms with Crippen molar-refractivity contribution in [1.82, 2.24) is 10.2 Å². The first kappa shape index (κ1) is 17.4. The highest BCUT2D eigenvalue weighted by Crippen LogP contribution is 2.11. The Morgan fingerprint density at radius 2 is 2.00 bits per heavy atom. The fraction of sp³-hybridized carbons (Fsp3) is 0.929. The van der Waals surface area contributed by atoms with Gasteiger partial charge in [-0.25, -0.2) is 0 Å². The molecule has 1 unspecified atom stereocenters. The van der Waals surface area contributed by atoms with Crippen molar-refractivity contribution in [1.29, 1.82) is 0 Å². The number of hydrogen-bond donors (Lipinski definition) is 2. The minimum atomic E-state index is -0.581. The summed E-state index contributed by atoms with van der Waals surface area (Å²) in [6, 6.07) is 0. The van der Waals surface area contributed by atoms with Gasteiger partial charge in [-0.1, -0.05) is 20.8 Å². The van der Waals surface area contributed by atoms with Crippen LogP contribution in [0.2, 0.25) is 0 Å². The smallest absolute Gasteiger partial charge is 0.237 e. The summed E-state index contributed by atoms with van der Waals surface area (Å²) in [5.74, 6) is 0.460. The molecule has 0 bridgehead atoms. The number of primary amides is 1. The molecular weight excluding hydrogens is 226 g/mol. The summed E-state index contributed by atoms with van der Waals surface area (Å²) >= 11 is 0. The number of carbonyl (C=O) groups is 1. The van der Waals surface area contributed by atoms with E-state index in [1.54, 1.807) is 0 Å². The van der Waals surface area contributed by atoms with Crippen molar-refractivity contribution in [2.45, 2.75) is 52.5 Å². The van der Waals surface area contributed by atoms with Crippen molar-refractivity contribution in [3.63, 3.8) is 0 Å². The number of carbonyl (C=O) groups excluding carboxylic acids is 1. The molecule has 1 amide bonds. The summed E-state index contributed by atoms with van der Waals surface area (Å²) in [6.45, 7) is 11.2. The van der Waals surface area contributed by atoms with Crippen molar-refractivity contribution in [2.24, 2.45) is 11.7 Å². The Kier molecular flexibility index (Phi) is 8.20. The zero-order chi connectivity index (χ0) is 14.2. The Balaban J connectivity index is 4.14. The lowest BCUT2D eigenvalue weighted by molar-refractivity contribution is -0.124. The van der Waals surface area contributed by atoms with Crippen LogP contribution in [0, 0.1) is 5.92 Å². The second-order valence-corrected chi connectivity index (χ2v) is 5.86. The van der Waals surface area contributed by atoms with E-state index in [-0.39, 0.29) is 5.91 Å². The molecule has 0 saturated carbocycles. The SMILES string of the molecule is CCCNC(C)(CCN(C)CCC(C)C)C(N)=O. The van der Waals surface area contributed by atoms with Gasteiger partial charge >= 0.3 is 0 Å². The van der Waals surface area contributed by atoms with Crippen molar-refractivity contribution in [2.75, 3.05) is 26.7 Å². The van der Waals surface area contributed by atoms with Gasteiger partial charge < -0.3 is 16.0 Å². The van der Waals surface area contributed by atoms with Crippen LogP contribution in [0.25, 0.3) is 0 Å². The standard InChI is InChI=1S/C14H31N3O/c1-6-9-16-14(4,13(15)18)8-11-17(5)10-7-12(2)3/h12,16H,6-11H2,1-5H3,(H2,15,18). The van der Waals surface area contributed by atoms with E-state index in [0.29, 0.717) is 5.92 Å². The zero-order valence-corrected chi connectivity index (χ0v) is 12.8. The van der Waals surface area contributed by atoms with Crippen LogP contribution in [0.1, 0.15) is 47.0 Å². The molecule has 18 heavy (non-hydrogen) atoms. The molecule has 0 saturated heterocycles. The van der Waals surface area contributed by atoms with E-state index < -0.39 is 5.54 Å². The molecular formula is C14H31N3O. The Bertz CT molecular complexity index is 243. The highest BCUT2D eigenvalue weighted by Gasteiger charge is 2.29. The predicted octanol–water partition coefficient (Wildman–Crippen LogP) is 1.60. The second-order valence-electron chi connectivity index (χ2n) is 5.86. The van der Waals surface area contributed by atoms with Crippen LogP contribution in [-0.2, 0) is 4.79 Å². The number of nitrogens with one attached hydrogen (secondary N) is 1. The van der Waals surface area contributed by atoms with Crippen LogP contribution in [0.4, 0.5) is 0 Å². The Morgan fingerprint density at radius 1 is 1.39 bits per heavy atom. The molecule has 0 spiro atoms. The van der Waals surface area contributed by atoms with Gasteiger partial charge in [0.15, 0.2) is 0 Å². The van der Waals surface area contributed by atoms with Crippen LogP contribution in [0.3, 0.4) is 0 Å². The van der Waals surface area contributed by atoms with Crippen LogP contribution in [0.5, 0.6) is 0 Å². The molecule has 1 atom stereocenters.